The summed E-state index contributed by atoms with van der Waals surface area (Å²) in [4.78, 5) is 11.9. The molecule has 2 aromatic rings. The van der Waals surface area contributed by atoms with E-state index in [1.165, 1.54) is 0 Å². The van der Waals surface area contributed by atoms with Crippen LogP contribution in [0.1, 0.15) is 15.9 Å². The fraction of sp³-hybridized carbons (Fsp3) is 0.0625. The van der Waals surface area contributed by atoms with Gasteiger partial charge >= 0.3 is 0 Å². The standard InChI is InChI=1S/C16H15NO2/c1-19-15-4-2-3-12(11-15)5-10-16(18)13-6-8-14(17)9-7-13/h2-11H,17H2,1H3. The average molecular weight is 253 g/mol. The first-order chi connectivity index (χ1) is 9.19. The third-order valence-corrected chi connectivity index (χ3v) is 2.72. The first-order valence-electron chi connectivity index (χ1n) is 5.91. The number of rotatable bonds is 4. The fourth-order valence-corrected chi connectivity index (χ4v) is 1.66. The Balaban J connectivity index is 2.13. The summed E-state index contributed by atoms with van der Waals surface area (Å²) in [5.41, 5.74) is 7.77. The maximum Gasteiger partial charge on any atom is 0.185 e. The minimum absolute atomic E-state index is 0.0529. The van der Waals surface area contributed by atoms with Gasteiger partial charge in [-0.15, -0.1) is 0 Å². The number of benzene rings is 2. The molecule has 0 unspecified atom stereocenters. The van der Waals surface area contributed by atoms with Crippen LogP contribution < -0.4 is 10.5 Å². The molecule has 0 saturated heterocycles. The van der Waals surface area contributed by atoms with Gasteiger partial charge in [-0.25, -0.2) is 0 Å². The van der Waals surface area contributed by atoms with Crippen LogP contribution in [0.4, 0.5) is 5.69 Å². The molecule has 0 fully saturated rings. The first kappa shape index (κ1) is 12.9. The van der Waals surface area contributed by atoms with E-state index in [0.717, 1.165) is 11.3 Å². The fourth-order valence-electron chi connectivity index (χ4n) is 1.66. The molecule has 0 saturated carbocycles. The smallest absolute Gasteiger partial charge is 0.185 e. The van der Waals surface area contributed by atoms with Crippen LogP contribution in [0.15, 0.2) is 54.6 Å². The number of nitrogens with two attached hydrogens (primary N) is 1. The van der Waals surface area contributed by atoms with Crippen molar-refractivity contribution in [1.82, 2.24) is 0 Å². The molecule has 0 amide bonds. The van der Waals surface area contributed by atoms with Crippen molar-refractivity contribution in [2.24, 2.45) is 0 Å². The number of ketones is 1. The van der Waals surface area contributed by atoms with E-state index in [4.69, 9.17) is 10.5 Å². The molecule has 2 aromatic carbocycles. The molecule has 0 aromatic heterocycles. The monoisotopic (exact) mass is 253 g/mol. The number of hydrogen-bond acceptors (Lipinski definition) is 3. The van der Waals surface area contributed by atoms with Crippen molar-refractivity contribution in [3.8, 4) is 5.75 Å². The Bertz CT molecular complexity index is 600. The molecule has 0 spiro atoms. The van der Waals surface area contributed by atoms with Gasteiger partial charge in [0.25, 0.3) is 0 Å². The van der Waals surface area contributed by atoms with E-state index in [0.29, 0.717) is 11.3 Å². The van der Waals surface area contributed by atoms with Gasteiger partial charge in [-0.05, 0) is 48.0 Å². The normalized spacial score (nSPS) is 10.6. The van der Waals surface area contributed by atoms with Crippen LogP contribution in [0.5, 0.6) is 5.75 Å². The van der Waals surface area contributed by atoms with Gasteiger partial charge in [0, 0.05) is 11.3 Å². The van der Waals surface area contributed by atoms with E-state index < -0.39 is 0 Å². The quantitative estimate of drug-likeness (QED) is 0.517. The number of allylic oxidation sites excluding steroid dienone is 1. The zero-order valence-electron chi connectivity index (χ0n) is 10.7. The van der Waals surface area contributed by atoms with Gasteiger partial charge in [0.2, 0.25) is 0 Å². The van der Waals surface area contributed by atoms with Crippen molar-refractivity contribution in [2.45, 2.75) is 0 Å². The van der Waals surface area contributed by atoms with Crippen LogP contribution in [0.3, 0.4) is 0 Å². The number of carbonyl (C=O) groups excluding carboxylic acids is 1. The SMILES string of the molecule is COc1cccc(C=CC(=O)c2ccc(N)cc2)c1. The first-order valence-corrected chi connectivity index (χ1v) is 5.91. The summed E-state index contributed by atoms with van der Waals surface area (Å²) >= 11 is 0. The summed E-state index contributed by atoms with van der Waals surface area (Å²) in [5, 5.41) is 0. The lowest BCUT2D eigenvalue weighted by molar-refractivity contribution is 0.104. The summed E-state index contributed by atoms with van der Waals surface area (Å²) in [6.07, 6.45) is 3.31. The Labute approximate surface area is 112 Å². The van der Waals surface area contributed by atoms with Gasteiger partial charge in [0.1, 0.15) is 5.75 Å². The Morgan fingerprint density at radius 3 is 2.58 bits per heavy atom. The van der Waals surface area contributed by atoms with Crippen LogP contribution in [0, 0.1) is 0 Å². The van der Waals surface area contributed by atoms with E-state index in [-0.39, 0.29) is 5.78 Å². The lowest BCUT2D eigenvalue weighted by Crippen LogP contribution is -1.94. The number of carbonyl (C=O) groups is 1. The molecule has 2 rings (SSSR count). The predicted molar refractivity (Wildman–Crippen MR) is 77.2 cm³/mol. The number of methoxy groups -OCH3 is 1. The van der Waals surface area contributed by atoms with Crippen LogP contribution in [0.2, 0.25) is 0 Å². The Hall–Kier alpha value is -2.55. The maximum absolute atomic E-state index is 11.9. The minimum Gasteiger partial charge on any atom is -0.497 e. The van der Waals surface area contributed by atoms with Crippen molar-refractivity contribution < 1.29 is 9.53 Å². The molecule has 2 N–H and O–H groups in total. The number of anilines is 1. The lowest BCUT2D eigenvalue weighted by atomic mass is 10.1. The molecular weight excluding hydrogens is 238 g/mol. The molecular formula is C16H15NO2. The van der Waals surface area contributed by atoms with Crippen molar-refractivity contribution in [2.75, 3.05) is 12.8 Å². The van der Waals surface area contributed by atoms with Crippen LogP contribution in [-0.4, -0.2) is 12.9 Å². The van der Waals surface area contributed by atoms with Crippen LogP contribution in [0.25, 0.3) is 6.08 Å². The summed E-state index contributed by atoms with van der Waals surface area (Å²) < 4.78 is 5.13. The number of hydrogen-bond donors (Lipinski definition) is 1. The maximum atomic E-state index is 11.9. The second-order valence-electron chi connectivity index (χ2n) is 4.10. The molecule has 0 bridgehead atoms. The van der Waals surface area contributed by atoms with Gasteiger partial charge in [-0.2, -0.15) is 0 Å². The molecule has 96 valence electrons. The summed E-state index contributed by atoms with van der Waals surface area (Å²) in [5.74, 6) is 0.713. The van der Waals surface area contributed by atoms with E-state index in [9.17, 15) is 4.79 Å². The minimum atomic E-state index is -0.0529. The van der Waals surface area contributed by atoms with E-state index in [1.807, 2.05) is 24.3 Å². The molecule has 0 aliphatic rings. The molecule has 0 atom stereocenters. The molecule has 0 aliphatic carbocycles. The molecule has 0 aliphatic heterocycles. The van der Waals surface area contributed by atoms with Gasteiger partial charge in [0.15, 0.2) is 5.78 Å². The predicted octanol–water partition coefficient (Wildman–Crippen LogP) is 3.17. The molecule has 3 heteroatoms. The van der Waals surface area contributed by atoms with Crippen LogP contribution >= 0.6 is 0 Å². The van der Waals surface area contributed by atoms with Gasteiger partial charge < -0.3 is 10.5 Å². The third-order valence-electron chi connectivity index (χ3n) is 2.72. The van der Waals surface area contributed by atoms with Gasteiger partial charge in [0.05, 0.1) is 7.11 Å². The zero-order valence-corrected chi connectivity index (χ0v) is 10.7. The van der Waals surface area contributed by atoms with Crippen molar-refractivity contribution in [1.29, 1.82) is 0 Å². The molecule has 19 heavy (non-hydrogen) atoms. The third kappa shape index (κ3) is 3.45. The highest BCUT2D eigenvalue weighted by molar-refractivity contribution is 6.06. The highest BCUT2D eigenvalue weighted by atomic mass is 16.5. The van der Waals surface area contributed by atoms with Gasteiger partial charge in [-0.3, -0.25) is 4.79 Å². The molecule has 0 radical (unpaired) electrons. The van der Waals surface area contributed by atoms with E-state index in [1.54, 1.807) is 43.5 Å². The van der Waals surface area contributed by atoms with E-state index >= 15 is 0 Å². The summed E-state index contributed by atoms with van der Waals surface area (Å²) in [7, 11) is 1.61. The highest BCUT2D eigenvalue weighted by Gasteiger charge is 2.00. The Morgan fingerprint density at radius 2 is 1.89 bits per heavy atom. The Morgan fingerprint density at radius 1 is 1.16 bits per heavy atom. The van der Waals surface area contributed by atoms with Crippen molar-refractivity contribution in [3.63, 3.8) is 0 Å². The van der Waals surface area contributed by atoms with Gasteiger partial charge in [-0.1, -0.05) is 18.2 Å². The molecule has 3 nitrogen and oxygen atoms in total. The second kappa shape index (κ2) is 5.87. The number of ether oxygens (including phenoxy) is 1. The topological polar surface area (TPSA) is 52.3 Å². The second-order valence-corrected chi connectivity index (χ2v) is 4.10. The zero-order chi connectivity index (χ0) is 13.7. The highest BCUT2D eigenvalue weighted by Crippen LogP contribution is 2.14. The number of nitrogen functional groups attached to an aromatic ring is 1. The van der Waals surface area contributed by atoms with Crippen molar-refractivity contribution >= 4 is 17.5 Å². The van der Waals surface area contributed by atoms with E-state index in [2.05, 4.69) is 0 Å². The van der Waals surface area contributed by atoms with Crippen molar-refractivity contribution in [3.05, 3.63) is 65.7 Å². The lowest BCUT2D eigenvalue weighted by Gasteiger charge is -2.00. The summed E-state index contributed by atoms with van der Waals surface area (Å²) in [6.45, 7) is 0. The average Bonchev–Trinajstić information content (AvgIpc) is 2.46. The Kier molecular flexibility index (Phi) is 3.98. The van der Waals surface area contributed by atoms with Crippen LogP contribution in [-0.2, 0) is 0 Å². The largest absolute Gasteiger partial charge is 0.497 e. The molecule has 0 heterocycles. The summed E-state index contributed by atoms with van der Waals surface area (Å²) in [6, 6.07) is 14.4.